The van der Waals surface area contributed by atoms with Crippen LogP contribution in [0.1, 0.15) is 35.7 Å². The van der Waals surface area contributed by atoms with Crippen LogP contribution in [0.2, 0.25) is 0 Å². The van der Waals surface area contributed by atoms with Crippen LogP contribution in [0.3, 0.4) is 0 Å². The number of carbonyl (C=O) groups is 2. The molecule has 0 unspecified atom stereocenters. The van der Waals surface area contributed by atoms with Crippen molar-refractivity contribution in [3.8, 4) is 11.5 Å². The Labute approximate surface area is 190 Å². The van der Waals surface area contributed by atoms with Crippen molar-refractivity contribution in [2.45, 2.75) is 32.4 Å². The van der Waals surface area contributed by atoms with Crippen LogP contribution >= 0.6 is 0 Å². The predicted molar refractivity (Wildman–Crippen MR) is 117 cm³/mol. The van der Waals surface area contributed by atoms with Gasteiger partial charge in [0.05, 0.1) is 12.2 Å². The van der Waals surface area contributed by atoms with Crippen molar-refractivity contribution in [2.75, 3.05) is 19.7 Å². The Morgan fingerprint density at radius 3 is 2.55 bits per heavy atom. The minimum absolute atomic E-state index is 0.0410. The van der Waals surface area contributed by atoms with E-state index in [4.69, 9.17) is 4.74 Å². The maximum absolute atomic E-state index is 13.9. The van der Waals surface area contributed by atoms with Crippen LogP contribution in [0.15, 0.2) is 48.5 Å². The number of carbonyl (C=O) groups excluding carboxylic acids is 2. The molecule has 176 valence electrons. The first-order chi connectivity index (χ1) is 15.9. The topological polar surface area (TPSA) is 67.9 Å². The van der Waals surface area contributed by atoms with E-state index in [0.29, 0.717) is 31.5 Å². The van der Waals surface area contributed by atoms with Gasteiger partial charge in [0.25, 0.3) is 5.91 Å². The van der Waals surface area contributed by atoms with Gasteiger partial charge in [0.2, 0.25) is 5.91 Å². The summed E-state index contributed by atoms with van der Waals surface area (Å²) in [7, 11) is 0. The standard InChI is InChI=1S/C24H25F3N2O4/c1-2-32-21-15-16(7-9-20(21)33-24(26)27)8-10-22(30)28-17-11-13-29(14-12-17)23(31)18-5-3-4-6-19(18)25/h3-10,15,17,24H,2,11-14H2,1H3,(H,28,30). The van der Waals surface area contributed by atoms with Gasteiger partial charge in [-0.2, -0.15) is 8.78 Å². The fourth-order valence-corrected chi connectivity index (χ4v) is 3.54. The van der Waals surface area contributed by atoms with Gasteiger partial charge in [0, 0.05) is 25.2 Å². The molecule has 0 bridgehead atoms. The highest BCUT2D eigenvalue weighted by Crippen LogP contribution is 2.30. The first kappa shape index (κ1) is 24.2. The molecule has 9 heteroatoms. The Balaban J connectivity index is 1.53. The van der Waals surface area contributed by atoms with Gasteiger partial charge in [-0.05, 0) is 55.7 Å². The Hall–Kier alpha value is -3.49. The number of piperidine rings is 1. The Kier molecular flexibility index (Phi) is 8.34. The van der Waals surface area contributed by atoms with Crippen molar-refractivity contribution in [2.24, 2.45) is 0 Å². The summed E-state index contributed by atoms with van der Waals surface area (Å²) in [5.74, 6) is -1.15. The van der Waals surface area contributed by atoms with Crippen LogP contribution in [0.5, 0.6) is 11.5 Å². The molecule has 0 saturated carbocycles. The first-order valence-electron chi connectivity index (χ1n) is 10.6. The van der Waals surface area contributed by atoms with Gasteiger partial charge in [0.15, 0.2) is 11.5 Å². The summed E-state index contributed by atoms with van der Waals surface area (Å²) in [6, 6.07) is 10.2. The number of likely N-dealkylation sites (tertiary alicyclic amines) is 1. The summed E-state index contributed by atoms with van der Waals surface area (Å²) < 4.78 is 48.6. The van der Waals surface area contributed by atoms with E-state index in [1.165, 1.54) is 42.5 Å². The molecule has 3 rings (SSSR count). The summed E-state index contributed by atoms with van der Waals surface area (Å²) >= 11 is 0. The van der Waals surface area contributed by atoms with Crippen molar-refractivity contribution in [1.82, 2.24) is 10.2 Å². The smallest absolute Gasteiger partial charge is 0.387 e. The molecular weight excluding hydrogens is 437 g/mol. The number of nitrogens with zero attached hydrogens (tertiary/aromatic N) is 1. The second-order valence-electron chi connectivity index (χ2n) is 7.41. The Morgan fingerprint density at radius 2 is 1.88 bits per heavy atom. The largest absolute Gasteiger partial charge is 0.490 e. The molecule has 6 nitrogen and oxygen atoms in total. The average molecular weight is 462 g/mol. The maximum Gasteiger partial charge on any atom is 0.387 e. The van der Waals surface area contributed by atoms with Crippen LogP contribution < -0.4 is 14.8 Å². The first-order valence-corrected chi connectivity index (χ1v) is 10.6. The van der Waals surface area contributed by atoms with Gasteiger partial charge in [0.1, 0.15) is 5.82 Å². The average Bonchev–Trinajstić information content (AvgIpc) is 2.79. The van der Waals surface area contributed by atoms with Crippen molar-refractivity contribution >= 4 is 17.9 Å². The summed E-state index contributed by atoms with van der Waals surface area (Å²) in [5.41, 5.74) is 0.625. The summed E-state index contributed by atoms with van der Waals surface area (Å²) in [5, 5.41) is 2.88. The van der Waals surface area contributed by atoms with Gasteiger partial charge in [-0.25, -0.2) is 4.39 Å². The molecule has 0 aromatic heterocycles. The fourth-order valence-electron chi connectivity index (χ4n) is 3.54. The Morgan fingerprint density at radius 1 is 1.15 bits per heavy atom. The molecule has 2 aromatic carbocycles. The van der Waals surface area contributed by atoms with Gasteiger partial charge >= 0.3 is 6.61 Å². The number of amides is 2. The molecular formula is C24H25F3N2O4. The summed E-state index contributed by atoms with van der Waals surface area (Å²) in [4.78, 5) is 26.4. The number of alkyl halides is 2. The van der Waals surface area contributed by atoms with Crippen LogP contribution in [0.4, 0.5) is 13.2 Å². The van der Waals surface area contributed by atoms with Crippen molar-refractivity contribution < 1.29 is 32.2 Å². The molecule has 33 heavy (non-hydrogen) atoms. The van der Waals surface area contributed by atoms with Crippen LogP contribution in [-0.4, -0.2) is 49.1 Å². The molecule has 1 aliphatic rings. The second-order valence-corrected chi connectivity index (χ2v) is 7.41. The molecule has 0 atom stereocenters. The van der Waals surface area contributed by atoms with E-state index in [0.717, 1.165) is 0 Å². The van der Waals surface area contributed by atoms with Crippen LogP contribution in [0.25, 0.3) is 6.08 Å². The zero-order valence-electron chi connectivity index (χ0n) is 18.1. The zero-order valence-corrected chi connectivity index (χ0v) is 18.1. The monoisotopic (exact) mass is 462 g/mol. The lowest BCUT2D eigenvalue weighted by atomic mass is 10.0. The highest BCUT2D eigenvalue weighted by molar-refractivity contribution is 5.94. The highest BCUT2D eigenvalue weighted by Gasteiger charge is 2.25. The van der Waals surface area contributed by atoms with Gasteiger partial charge in [-0.3, -0.25) is 9.59 Å². The highest BCUT2D eigenvalue weighted by atomic mass is 19.3. The van der Waals surface area contributed by atoms with Crippen LogP contribution in [-0.2, 0) is 4.79 Å². The van der Waals surface area contributed by atoms with Crippen molar-refractivity contribution in [3.05, 3.63) is 65.5 Å². The number of ether oxygens (including phenoxy) is 2. The van der Waals surface area contributed by atoms with E-state index >= 15 is 0 Å². The molecule has 0 aliphatic carbocycles. The van der Waals surface area contributed by atoms with E-state index in [1.54, 1.807) is 24.0 Å². The number of hydrogen-bond acceptors (Lipinski definition) is 4. The minimum Gasteiger partial charge on any atom is -0.490 e. The normalized spacial score (nSPS) is 14.5. The summed E-state index contributed by atoms with van der Waals surface area (Å²) in [6.07, 6.45) is 3.98. The lowest BCUT2D eigenvalue weighted by Crippen LogP contribution is -2.46. The SMILES string of the molecule is CCOc1cc(C=CC(=O)NC2CCN(C(=O)c3ccccc3F)CC2)ccc1OC(F)F. The number of benzene rings is 2. The number of nitrogens with one attached hydrogen (secondary N) is 1. The molecule has 0 spiro atoms. The zero-order chi connectivity index (χ0) is 23.8. The Bertz CT molecular complexity index is 1000. The van der Waals surface area contributed by atoms with E-state index < -0.39 is 12.4 Å². The van der Waals surface area contributed by atoms with Gasteiger partial charge < -0.3 is 19.7 Å². The van der Waals surface area contributed by atoms with E-state index in [2.05, 4.69) is 10.1 Å². The molecule has 1 aliphatic heterocycles. The van der Waals surface area contributed by atoms with E-state index in [9.17, 15) is 22.8 Å². The van der Waals surface area contributed by atoms with Crippen molar-refractivity contribution in [3.63, 3.8) is 0 Å². The van der Waals surface area contributed by atoms with Crippen molar-refractivity contribution in [1.29, 1.82) is 0 Å². The lowest BCUT2D eigenvalue weighted by molar-refractivity contribution is -0.117. The maximum atomic E-state index is 13.9. The second kappa shape index (κ2) is 11.4. The molecule has 1 N–H and O–H groups in total. The molecule has 0 radical (unpaired) electrons. The molecule has 1 fully saturated rings. The summed E-state index contributed by atoms with van der Waals surface area (Å²) in [6.45, 7) is -0.163. The third-order valence-corrected chi connectivity index (χ3v) is 5.14. The molecule has 1 saturated heterocycles. The lowest BCUT2D eigenvalue weighted by Gasteiger charge is -2.32. The third-order valence-electron chi connectivity index (χ3n) is 5.14. The number of halogens is 3. The van der Waals surface area contributed by atoms with E-state index in [-0.39, 0.29) is 41.5 Å². The van der Waals surface area contributed by atoms with Crippen LogP contribution in [0, 0.1) is 5.82 Å². The number of hydrogen-bond donors (Lipinski definition) is 1. The third kappa shape index (κ3) is 6.74. The molecule has 1 heterocycles. The van der Waals surface area contributed by atoms with Gasteiger partial charge in [-0.1, -0.05) is 18.2 Å². The van der Waals surface area contributed by atoms with E-state index in [1.807, 2.05) is 0 Å². The predicted octanol–water partition coefficient (Wildman–Crippen LogP) is 4.26. The van der Waals surface area contributed by atoms with Gasteiger partial charge in [-0.15, -0.1) is 0 Å². The fraction of sp³-hybridized carbons (Fsp3) is 0.333. The number of rotatable bonds is 8. The quantitative estimate of drug-likeness (QED) is 0.596. The molecule has 2 aromatic rings. The minimum atomic E-state index is -2.97. The molecule has 2 amide bonds.